The van der Waals surface area contributed by atoms with Gasteiger partial charge in [-0.2, -0.15) is 0 Å². The van der Waals surface area contributed by atoms with Crippen LogP contribution in [0.15, 0.2) is 0 Å². The zero-order chi connectivity index (χ0) is 26.7. The third kappa shape index (κ3) is 15.9. The molecule has 0 aromatic rings. The molecule has 0 aliphatic carbocycles. The highest BCUT2D eigenvalue weighted by molar-refractivity contribution is 5.77. The van der Waals surface area contributed by atoms with Gasteiger partial charge in [0.25, 0.3) is 0 Å². The summed E-state index contributed by atoms with van der Waals surface area (Å²) in [5, 5.41) is 0. The van der Waals surface area contributed by atoms with Crippen LogP contribution < -0.4 is 0 Å². The number of unbranched alkanes of at least 4 members (excludes halogenated alkanes) is 10. The Bertz CT molecular complexity index is 579. The van der Waals surface area contributed by atoms with Gasteiger partial charge in [-0.05, 0) is 65.0 Å². The number of rotatable bonds is 22. The molecule has 1 fully saturated rings. The SMILES string of the molecule is CCCCCCCCCCCCC(CCCOC(=O)CCCCC(C)C)OC(=O)C1(C)CCN(C)C1. The van der Waals surface area contributed by atoms with Crippen molar-refractivity contribution in [2.75, 3.05) is 26.7 Å². The number of esters is 2. The summed E-state index contributed by atoms with van der Waals surface area (Å²) in [5.41, 5.74) is -0.396. The van der Waals surface area contributed by atoms with E-state index in [1.165, 1.54) is 57.8 Å². The molecule has 1 rings (SSSR count). The lowest BCUT2D eigenvalue weighted by Crippen LogP contribution is -2.35. The van der Waals surface area contributed by atoms with Crippen LogP contribution in [0.4, 0.5) is 0 Å². The van der Waals surface area contributed by atoms with E-state index in [1.54, 1.807) is 0 Å². The van der Waals surface area contributed by atoms with E-state index in [9.17, 15) is 9.59 Å². The van der Waals surface area contributed by atoms with Crippen molar-refractivity contribution in [1.82, 2.24) is 4.90 Å². The van der Waals surface area contributed by atoms with Crippen LogP contribution >= 0.6 is 0 Å². The zero-order valence-electron chi connectivity index (χ0n) is 24.6. The maximum atomic E-state index is 13.0. The normalized spacial score (nSPS) is 19.1. The zero-order valence-corrected chi connectivity index (χ0v) is 24.6. The summed E-state index contributed by atoms with van der Waals surface area (Å²) in [7, 11) is 2.07. The molecule has 5 heteroatoms. The Labute approximate surface area is 223 Å². The van der Waals surface area contributed by atoms with E-state index in [0.717, 1.165) is 64.5 Å². The summed E-state index contributed by atoms with van der Waals surface area (Å²) in [6, 6.07) is 0. The monoisotopic (exact) mass is 509 g/mol. The molecule has 0 aromatic heterocycles. The van der Waals surface area contributed by atoms with Crippen LogP contribution in [0.25, 0.3) is 0 Å². The Balaban J connectivity index is 2.32. The van der Waals surface area contributed by atoms with Gasteiger partial charge in [0.05, 0.1) is 12.0 Å². The molecule has 0 bridgehead atoms. The number of hydrogen-bond acceptors (Lipinski definition) is 5. The van der Waals surface area contributed by atoms with Crippen molar-refractivity contribution >= 4 is 11.9 Å². The first kappa shape index (κ1) is 32.9. The highest BCUT2D eigenvalue weighted by atomic mass is 16.5. The molecule has 1 aliphatic rings. The van der Waals surface area contributed by atoms with Crippen LogP contribution in [0.5, 0.6) is 0 Å². The third-order valence-electron chi connectivity index (χ3n) is 7.66. The number of ether oxygens (including phenoxy) is 2. The Hall–Kier alpha value is -1.10. The molecule has 1 saturated heterocycles. The molecule has 2 atom stereocenters. The van der Waals surface area contributed by atoms with Crippen molar-refractivity contribution in [2.24, 2.45) is 11.3 Å². The van der Waals surface area contributed by atoms with Crippen LogP contribution in [0, 0.1) is 11.3 Å². The highest BCUT2D eigenvalue weighted by Gasteiger charge is 2.41. The molecule has 0 N–H and O–H groups in total. The van der Waals surface area contributed by atoms with Crippen molar-refractivity contribution in [3.05, 3.63) is 0 Å². The first-order valence-electron chi connectivity index (χ1n) is 15.3. The van der Waals surface area contributed by atoms with Gasteiger partial charge in [0, 0.05) is 13.0 Å². The summed E-state index contributed by atoms with van der Waals surface area (Å²) in [6.07, 6.45) is 19.9. The van der Waals surface area contributed by atoms with Gasteiger partial charge in [-0.15, -0.1) is 0 Å². The third-order valence-corrected chi connectivity index (χ3v) is 7.66. The fraction of sp³-hybridized carbons (Fsp3) is 0.935. The fourth-order valence-corrected chi connectivity index (χ4v) is 5.16. The molecule has 1 heterocycles. The van der Waals surface area contributed by atoms with Crippen LogP contribution in [0.3, 0.4) is 0 Å². The van der Waals surface area contributed by atoms with Crippen LogP contribution in [0.2, 0.25) is 0 Å². The predicted octanol–water partition coefficient (Wildman–Crippen LogP) is 8.09. The minimum absolute atomic E-state index is 0.0499. The molecule has 0 saturated carbocycles. The molecule has 36 heavy (non-hydrogen) atoms. The van der Waals surface area contributed by atoms with Crippen molar-refractivity contribution < 1.29 is 19.1 Å². The van der Waals surface area contributed by atoms with Crippen LogP contribution in [0.1, 0.15) is 143 Å². The standard InChI is InChI=1S/C31H59NO4/c1-6-7-8-9-10-11-12-13-14-15-20-28(36-30(34)31(4)23-24-32(5)26-31)21-18-25-35-29(33)22-17-16-19-27(2)3/h27-28H,6-26H2,1-5H3. The van der Waals surface area contributed by atoms with E-state index < -0.39 is 5.41 Å². The van der Waals surface area contributed by atoms with Gasteiger partial charge in [-0.3, -0.25) is 9.59 Å². The summed E-state index contributed by atoms with van der Waals surface area (Å²) >= 11 is 0. The molecule has 5 nitrogen and oxygen atoms in total. The maximum absolute atomic E-state index is 13.0. The predicted molar refractivity (Wildman–Crippen MR) is 150 cm³/mol. The quantitative estimate of drug-likeness (QED) is 0.109. The first-order valence-corrected chi connectivity index (χ1v) is 15.3. The average Bonchev–Trinajstić information content (AvgIpc) is 3.19. The van der Waals surface area contributed by atoms with Gasteiger partial charge in [0.2, 0.25) is 0 Å². The van der Waals surface area contributed by atoms with Crippen molar-refractivity contribution in [3.8, 4) is 0 Å². The largest absolute Gasteiger partial charge is 0.466 e. The number of carbonyl (C=O) groups excluding carboxylic acids is 2. The minimum Gasteiger partial charge on any atom is -0.466 e. The topological polar surface area (TPSA) is 55.8 Å². The van der Waals surface area contributed by atoms with E-state index in [-0.39, 0.29) is 18.0 Å². The summed E-state index contributed by atoms with van der Waals surface area (Å²) in [6.45, 7) is 10.9. The number of likely N-dealkylation sites (tertiary alicyclic amines) is 1. The van der Waals surface area contributed by atoms with E-state index in [4.69, 9.17) is 9.47 Å². The lowest BCUT2D eigenvalue weighted by molar-refractivity contribution is -0.161. The molecule has 212 valence electrons. The van der Waals surface area contributed by atoms with E-state index >= 15 is 0 Å². The molecule has 1 aliphatic heterocycles. The minimum atomic E-state index is -0.396. The second kappa shape index (κ2) is 19.9. The van der Waals surface area contributed by atoms with Gasteiger partial charge >= 0.3 is 11.9 Å². The smallest absolute Gasteiger partial charge is 0.313 e. The summed E-state index contributed by atoms with van der Waals surface area (Å²) in [5.74, 6) is 0.540. The lowest BCUT2D eigenvalue weighted by Gasteiger charge is -2.26. The molecular formula is C31H59NO4. The van der Waals surface area contributed by atoms with E-state index in [0.29, 0.717) is 18.9 Å². The number of hydrogen-bond donors (Lipinski definition) is 0. The molecule has 2 unspecified atom stereocenters. The second-order valence-corrected chi connectivity index (χ2v) is 12.0. The average molecular weight is 510 g/mol. The Morgan fingerprint density at radius 1 is 0.833 bits per heavy atom. The fourth-order valence-electron chi connectivity index (χ4n) is 5.16. The molecular weight excluding hydrogens is 450 g/mol. The second-order valence-electron chi connectivity index (χ2n) is 12.0. The lowest BCUT2D eigenvalue weighted by atomic mass is 9.90. The summed E-state index contributed by atoms with van der Waals surface area (Å²) in [4.78, 5) is 27.2. The number of nitrogens with zero attached hydrogens (tertiary/aromatic N) is 1. The number of carbonyl (C=O) groups is 2. The van der Waals surface area contributed by atoms with Gasteiger partial charge < -0.3 is 14.4 Å². The van der Waals surface area contributed by atoms with Gasteiger partial charge in [-0.25, -0.2) is 0 Å². The Morgan fingerprint density at radius 2 is 1.42 bits per heavy atom. The van der Waals surface area contributed by atoms with E-state index in [2.05, 4.69) is 32.7 Å². The maximum Gasteiger partial charge on any atom is 0.313 e. The van der Waals surface area contributed by atoms with Gasteiger partial charge in [0.15, 0.2) is 0 Å². The molecule has 0 radical (unpaired) electrons. The van der Waals surface area contributed by atoms with Crippen LogP contribution in [-0.4, -0.2) is 49.7 Å². The van der Waals surface area contributed by atoms with Crippen LogP contribution in [-0.2, 0) is 19.1 Å². The van der Waals surface area contributed by atoms with Crippen molar-refractivity contribution in [2.45, 2.75) is 149 Å². The Kier molecular flexibility index (Phi) is 18.2. The summed E-state index contributed by atoms with van der Waals surface area (Å²) < 4.78 is 11.5. The van der Waals surface area contributed by atoms with E-state index in [1.807, 2.05) is 6.92 Å². The molecule has 0 amide bonds. The highest BCUT2D eigenvalue weighted by Crippen LogP contribution is 2.31. The molecule has 0 spiro atoms. The van der Waals surface area contributed by atoms with Gasteiger partial charge in [0.1, 0.15) is 6.10 Å². The van der Waals surface area contributed by atoms with Crippen molar-refractivity contribution in [1.29, 1.82) is 0 Å². The Morgan fingerprint density at radius 3 is 2.00 bits per heavy atom. The first-order chi connectivity index (χ1) is 17.3. The van der Waals surface area contributed by atoms with Crippen molar-refractivity contribution in [3.63, 3.8) is 0 Å². The van der Waals surface area contributed by atoms with Gasteiger partial charge in [-0.1, -0.05) is 91.4 Å². The molecule has 0 aromatic carbocycles.